The highest BCUT2D eigenvalue weighted by molar-refractivity contribution is 6.32. The summed E-state index contributed by atoms with van der Waals surface area (Å²) in [7, 11) is 0. The first-order chi connectivity index (χ1) is 18.0. The van der Waals surface area contributed by atoms with E-state index in [1.54, 1.807) is 18.2 Å². The number of nitrogens with one attached hydrogen (secondary N) is 1. The van der Waals surface area contributed by atoms with E-state index in [1.807, 2.05) is 55.5 Å². The molecule has 1 aliphatic rings. The van der Waals surface area contributed by atoms with Crippen LogP contribution in [0.2, 0.25) is 5.02 Å². The summed E-state index contributed by atoms with van der Waals surface area (Å²) < 4.78 is 11.9. The molecule has 1 heterocycles. The average molecular weight is 513 g/mol. The first-order valence-electron chi connectivity index (χ1n) is 12.0. The highest BCUT2D eigenvalue weighted by Gasteiger charge is 2.33. The third-order valence-electron chi connectivity index (χ3n) is 5.99. The number of halogens is 1. The Morgan fingerprint density at radius 3 is 2.41 bits per heavy atom. The maximum atomic E-state index is 12.9. The van der Waals surface area contributed by atoms with Crippen LogP contribution < -0.4 is 14.8 Å². The molecular formula is C30H25ClN2O4. The monoisotopic (exact) mass is 512 g/mol. The van der Waals surface area contributed by atoms with Gasteiger partial charge in [0.05, 0.1) is 18.2 Å². The van der Waals surface area contributed by atoms with E-state index in [0.29, 0.717) is 35.3 Å². The summed E-state index contributed by atoms with van der Waals surface area (Å²) in [6.07, 6.45) is 1.59. The van der Waals surface area contributed by atoms with Crippen molar-refractivity contribution in [2.24, 2.45) is 0 Å². The van der Waals surface area contributed by atoms with Gasteiger partial charge in [-0.15, -0.1) is 0 Å². The molecule has 0 unspecified atom stereocenters. The molecule has 1 fully saturated rings. The highest BCUT2D eigenvalue weighted by Crippen LogP contribution is 2.38. The van der Waals surface area contributed by atoms with E-state index >= 15 is 0 Å². The second-order valence-electron chi connectivity index (χ2n) is 8.60. The Kier molecular flexibility index (Phi) is 7.10. The molecule has 5 rings (SSSR count). The lowest BCUT2D eigenvalue weighted by Crippen LogP contribution is -2.30. The van der Waals surface area contributed by atoms with Crippen LogP contribution in [0, 0.1) is 0 Å². The number of carbonyl (C=O) groups excluding carboxylic acids is 2. The van der Waals surface area contributed by atoms with Crippen LogP contribution in [0.4, 0.5) is 4.79 Å². The molecule has 1 aliphatic heterocycles. The van der Waals surface area contributed by atoms with Gasteiger partial charge in [-0.05, 0) is 58.7 Å². The van der Waals surface area contributed by atoms with Gasteiger partial charge in [-0.2, -0.15) is 0 Å². The first kappa shape index (κ1) is 24.4. The van der Waals surface area contributed by atoms with Crippen LogP contribution in [0.25, 0.3) is 16.8 Å². The lowest BCUT2D eigenvalue weighted by molar-refractivity contribution is -0.123. The lowest BCUT2D eigenvalue weighted by atomic mass is 10.1. The van der Waals surface area contributed by atoms with Gasteiger partial charge in [0.15, 0.2) is 11.5 Å². The number of hydrogen-bond donors (Lipinski definition) is 1. The Morgan fingerprint density at radius 1 is 0.865 bits per heavy atom. The fraction of sp³-hybridized carbons (Fsp3) is 0.133. The zero-order valence-corrected chi connectivity index (χ0v) is 21.0. The van der Waals surface area contributed by atoms with Crippen molar-refractivity contribution >= 4 is 40.4 Å². The summed E-state index contributed by atoms with van der Waals surface area (Å²) in [4.78, 5) is 26.6. The minimum atomic E-state index is -0.466. The van der Waals surface area contributed by atoms with Crippen LogP contribution in [0.5, 0.6) is 11.5 Å². The Balaban J connectivity index is 1.36. The molecule has 3 amide bonds. The topological polar surface area (TPSA) is 67.9 Å². The molecule has 6 nitrogen and oxygen atoms in total. The van der Waals surface area contributed by atoms with Gasteiger partial charge in [0, 0.05) is 0 Å². The Bertz CT molecular complexity index is 1500. The number of carbonyl (C=O) groups is 2. The predicted octanol–water partition coefficient (Wildman–Crippen LogP) is 6.56. The normalized spacial score (nSPS) is 14.3. The van der Waals surface area contributed by atoms with Crippen molar-refractivity contribution in [1.29, 1.82) is 0 Å². The summed E-state index contributed by atoms with van der Waals surface area (Å²) in [5, 5.41) is 5.29. The number of hydrogen-bond acceptors (Lipinski definition) is 4. The van der Waals surface area contributed by atoms with Crippen LogP contribution in [0.1, 0.15) is 23.6 Å². The number of fused-ring (bicyclic) bond motifs is 1. The Hall–Kier alpha value is -4.29. The Morgan fingerprint density at radius 2 is 1.62 bits per heavy atom. The van der Waals surface area contributed by atoms with Crippen LogP contribution in [0.15, 0.2) is 90.6 Å². The quantitative estimate of drug-likeness (QED) is 0.214. The van der Waals surface area contributed by atoms with E-state index in [4.69, 9.17) is 21.1 Å². The van der Waals surface area contributed by atoms with Crippen LogP contribution >= 0.6 is 11.6 Å². The SMILES string of the molecule is CCOc1cc(/C=C2/NC(=O)N(Cc3ccccc3)C2=O)cc(Cl)c1OCc1ccc2ccccc2c1. The number of imide groups is 1. The van der Waals surface area contributed by atoms with Gasteiger partial charge in [-0.3, -0.25) is 9.69 Å². The Labute approximate surface area is 220 Å². The molecule has 0 radical (unpaired) electrons. The number of ether oxygens (including phenoxy) is 2. The van der Waals surface area contributed by atoms with Crippen molar-refractivity contribution < 1.29 is 19.1 Å². The van der Waals surface area contributed by atoms with Crippen LogP contribution in [-0.2, 0) is 17.9 Å². The first-order valence-corrected chi connectivity index (χ1v) is 12.3. The predicted molar refractivity (Wildman–Crippen MR) is 144 cm³/mol. The summed E-state index contributed by atoms with van der Waals surface area (Å²) in [5.74, 6) is 0.478. The molecule has 0 saturated carbocycles. The molecule has 0 spiro atoms. The van der Waals surface area contributed by atoms with Gasteiger partial charge in [0.1, 0.15) is 12.3 Å². The van der Waals surface area contributed by atoms with E-state index < -0.39 is 11.9 Å². The highest BCUT2D eigenvalue weighted by atomic mass is 35.5. The molecule has 0 atom stereocenters. The van der Waals surface area contributed by atoms with Gasteiger partial charge < -0.3 is 14.8 Å². The van der Waals surface area contributed by atoms with Gasteiger partial charge in [0.2, 0.25) is 0 Å². The van der Waals surface area contributed by atoms with Crippen molar-refractivity contribution in [1.82, 2.24) is 10.2 Å². The van der Waals surface area contributed by atoms with Gasteiger partial charge in [0.25, 0.3) is 5.91 Å². The molecule has 4 aromatic rings. The van der Waals surface area contributed by atoms with Crippen LogP contribution in [0.3, 0.4) is 0 Å². The molecule has 37 heavy (non-hydrogen) atoms. The molecule has 186 valence electrons. The standard InChI is InChI=1S/C30H25ClN2O4/c1-2-36-27-17-22(16-26-29(34)33(30(35)32-26)18-20-8-4-3-5-9-20)15-25(31)28(27)37-19-21-12-13-23-10-6-7-11-24(23)14-21/h3-17H,2,18-19H2,1H3,(H,32,35)/b26-16+. The third kappa shape index (κ3) is 5.44. The fourth-order valence-corrected chi connectivity index (χ4v) is 4.48. The number of nitrogens with zero attached hydrogens (tertiary/aromatic N) is 1. The smallest absolute Gasteiger partial charge is 0.329 e. The minimum absolute atomic E-state index is 0.171. The van der Waals surface area contributed by atoms with Crippen molar-refractivity contribution in [3.63, 3.8) is 0 Å². The molecule has 4 aromatic carbocycles. The molecule has 7 heteroatoms. The molecule has 1 saturated heterocycles. The van der Waals surface area contributed by atoms with Gasteiger partial charge in [-0.1, -0.05) is 78.3 Å². The van der Waals surface area contributed by atoms with E-state index in [1.165, 1.54) is 4.90 Å². The van der Waals surface area contributed by atoms with Gasteiger partial charge in [-0.25, -0.2) is 4.79 Å². The summed E-state index contributed by atoms with van der Waals surface area (Å²) >= 11 is 6.60. The average Bonchev–Trinajstić information content (AvgIpc) is 3.16. The number of rotatable bonds is 8. The van der Waals surface area contributed by atoms with E-state index in [9.17, 15) is 9.59 Å². The molecule has 0 bridgehead atoms. The second-order valence-corrected chi connectivity index (χ2v) is 9.01. The molecule has 1 N–H and O–H groups in total. The largest absolute Gasteiger partial charge is 0.490 e. The fourth-order valence-electron chi connectivity index (χ4n) is 4.21. The summed E-state index contributed by atoms with van der Waals surface area (Å²) in [5.41, 5.74) is 2.64. The van der Waals surface area contributed by atoms with E-state index in [-0.39, 0.29) is 12.2 Å². The minimum Gasteiger partial charge on any atom is -0.490 e. The summed E-state index contributed by atoms with van der Waals surface area (Å²) in [6, 6.07) is 26.6. The van der Waals surface area contributed by atoms with Crippen molar-refractivity contribution in [2.45, 2.75) is 20.1 Å². The van der Waals surface area contributed by atoms with E-state index in [2.05, 4.69) is 29.6 Å². The second kappa shape index (κ2) is 10.8. The maximum Gasteiger partial charge on any atom is 0.329 e. The van der Waals surface area contributed by atoms with Crippen molar-refractivity contribution in [3.8, 4) is 11.5 Å². The maximum absolute atomic E-state index is 12.9. The third-order valence-corrected chi connectivity index (χ3v) is 6.27. The zero-order chi connectivity index (χ0) is 25.8. The molecule has 0 aliphatic carbocycles. The molecular weight excluding hydrogens is 488 g/mol. The molecule has 0 aromatic heterocycles. The summed E-state index contributed by atoms with van der Waals surface area (Å²) in [6.45, 7) is 2.78. The van der Waals surface area contributed by atoms with Gasteiger partial charge >= 0.3 is 6.03 Å². The van der Waals surface area contributed by atoms with E-state index in [0.717, 1.165) is 21.9 Å². The van der Waals surface area contributed by atoms with Crippen LogP contribution in [-0.4, -0.2) is 23.4 Å². The van der Waals surface area contributed by atoms with Crippen molar-refractivity contribution in [3.05, 3.63) is 112 Å². The number of amides is 3. The lowest BCUT2D eigenvalue weighted by Gasteiger charge is -2.15. The number of urea groups is 1. The zero-order valence-electron chi connectivity index (χ0n) is 20.2. The number of benzene rings is 4. The van der Waals surface area contributed by atoms with Crippen molar-refractivity contribution in [2.75, 3.05) is 6.61 Å².